The predicted octanol–water partition coefficient (Wildman–Crippen LogP) is 14.5. The molecule has 0 N–H and O–H groups in total. The summed E-state index contributed by atoms with van der Waals surface area (Å²) in [5.41, 5.74) is 16.2. The normalized spacial score (nSPS) is 13.8. The first-order valence-electron chi connectivity index (χ1n) is 23.0. The van der Waals surface area contributed by atoms with E-state index in [9.17, 15) is 0 Å². The molecule has 0 fully saturated rings. The SMILES string of the molecule is CC1(C)c2ccccc2-c2ccc(N(c3ccc(-c4cccc([Si]5(c6ccccc6)c6ccccc6-c6ccccc65)c4)c(-c4ccccc4)c3)c3ccc4c(c3)sc3ccccc34)cc21. The predicted molar refractivity (Wildman–Crippen MR) is 285 cm³/mol. The lowest BCUT2D eigenvalue weighted by Gasteiger charge is -2.32. The Kier molecular flexibility index (Phi) is 8.83. The first kappa shape index (κ1) is 38.9. The number of thiophene rings is 1. The fraction of sp³-hybridized carbons (Fsp3) is 0.0476. The molecule has 1 aromatic heterocycles. The lowest BCUT2D eigenvalue weighted by molar-refractivity contribution is 0.660. The maximum Gasteiger partial charge on any atom is 0.180 e. The van der Waals surface area contributed by atoms with Crippen molar-refractivity contribution in [2.45, 2.75) is 19.3 Å². The van der Waals surface area contributed by atoms with Gasteiger partial charge in [0.05, 0.1) is 0 Å². The van der Waals surface area contributed by atoms with Gasteiger partial charge >= 0.3 is 0 Å². The van der Waals surface area contributed by atoms with E-state index in [1.807, 2.05) is 11.3 Å². The average Bonchev–Trinajstić information content (AvgIpc) is 3.98. The molecule has 13 rings (SSSR count). The molecule has 0 radical (unpaired) electrons. The summed E-state index contributed by atoms with van der Waals surface area (Å²) in [7, 11) is -2.69. The summed E-state index contributed by atoms with van der Waals surface area (Å²) in [6, 6.07) is 89.2. The second kappa shape index (κ2) is 15.0. The van der Waals surface area contributed by atoms with Gasteiger partial charge in [-0.25, -0.2) is 0 Å². The number of hydrogen-bond donors (Lipinski definition) is 0. The molecule has 0 spiro atoms. The standard InChI is InChI=1S/C63H45NSSi/c1-63(2)57-28-13-9-24-50(57)51-36-33-45(40-58(51)63)64(46-34-37-53-52-25-10-14-29-59(52)65-60(53)41-46)44-32-35-49(56(39-44)42-18-5-3-6-19-42)43-20-17-23-48(38-43)66(47-21-7-4-8-22-47)61-30-15-11-26-54(61)55-27-12-16-31-62(55)66/h3-41H,1-2H3. The zero-order chi connectivity index (χ0) is 44.0. The molecule has 0 unspecified atom stereocenters. The number of fused-ring (bicyclic) bond motifs is 9. The Morgan fingerprint density at radius 3 is 1.67 bits per heavy atom. The number of rotatable bonds is 7. The van der Waals surface area contributed by atoms with Crippen molar-refractivity contribution in [3.05, 3.63) is 248 Å². The van der Waals surface area contributed by atoms with Crippen LogP contribution in [-0.4, -0.2) is 8.07 Å². The molecule has 11 aromatic rings. The molecule has 10 aromatic carbocycles. The van der Waals surface area contributed by atoms with E-state index in [1.165, 1.54) is 96.6 Å². The Bertz CT molecular complexity index is 3650. The first-order chi connectivity index (χ1) is 32.5. The van der Waals surface area contributed by atoms with Gasteiger partial charge in [-0.2, -0.15) is 0 Å². The van der Waals surface area contributed by atoms with Crippen molar-refractivity contribution in [2.24, 2.45) is 0 Å². The molecule has 0 bridgehead atoms. The Morgan fingerprint density at radius 2 is 0.894 bits per heavy atom. The van der Waals surface area contributed by atoms with Crippen molar-refractivity contribution in [1.82, 2.24) is 0 Å². The lowest BCUT2D eigenvalue weighted by Crippen LogP contribution is -2.72. The summed E-state index contributed by atoms with van der Waals surface area (Å²) in [6.07, 6.45) is 0. The number of anilines is 3. The summed E-state index contributed by atoms with van der Waals surface area (Å²) in [5, 5.41) is 8.33. The van der Waals surface area contributed by atoms with Gasteiger partial charge in [0.2, 0.25) is 0 Å². The van der Waals surface area contributed by atoms with Gasteiger partial charge < -0.3 is 4.90 Å². The fourth-order valence-corrected chi connectivity index (χ4v) is 17.9. The van der Waals surface area contributed by atoms with Gasteiger partial charge in [-0.3, -0.25) is 0 Å². The zero-order valence-electron chi connectivity index (χ0n) is 36.9. The molecule has 1 aliphatic heterocycles. The third-order valence-corrected chi connectivity index (χ3v) is 20.6. The Labute approximate surface area is 391 Å². The largest absolute Gasteiger partial charge is 0.310 e. The quantitative estimate of drug-likeness (QED) is 0.144. The highest BCUT2D eigenvalue weighted by molar-refractivity contribution is 7.26. The minimum atomic E-state index is -2.69. The summed E-state index contributed by atoms with van der Waals surface area (Å²) in [4.78, 5) is 2.49. The molecule has 312 valence electrons. The minimum Gasteiger partial charge on any atom is -0.310 e. The molecule has 3 heteroatoms. The van der Waals surface area contributed by atoms with Gasteiger partial charge in [-0.05, 0) is 119 Å². The van der Waals surface area contributed by atoms with Gasteiger partial charge in [0.1, 0.15) is 0 Å². The van der Waals surface area contributed by atoms with Gasteiger partial charge in [-0.15, -0.1) is 11.3 Å². The second-order valence-electron chi connectivity index (χ2n) is 18.4. The summed E-state index contributed by atoms with van der Waals surface area (Å²) < 4.78 is 2.60. The third-order valence-electron chi connectivity index (χ3n) is 14.6. The van der Waals surface area contributed by atoms with Crippen molar-refractivity contribution in [3.8, 4) is 44.5 Å². The fourth-order valence-electron chi connectivity index (χ4n) is 11.5. The highest BCUT2D eigenvalue weighted by atomic mass is 32.1. The van der Waals surface area contributed by atoms with Crippen LogP contribution in [0.4, 0.5) is 17.1 Å². The van der Waals surface area contributed by atoms with E-state index in [1.54, 1.807) is 0 Å². The number of hydrogen-bond acceptors (Lipinski definition) is 2. The van der Waals surface area contributed by atoms with Crippen molar-refractivity contribution < 1.29 is 0 Å². The van der Waals surface area contributed by atoms with E-state index in [4.69, 9.17) is 0 Å². The van der Waals surface area contributed by atoms with Crippen LogP contribution in [0.5, 0.6) is 0 Å². The van der Waals surface area contributed by atoms with Crippen LogP contribution in [0.1, 0.15) is 25.0 Å². The molecule has 2 heterocycles. The van der Waals surface area contributed by atoms with Gasteiger partial charge in [0.25, 0.3) is 0 Å². The Hall–Kier alpha value is -7.56. The van der Waals surface area contributed by atoms with E-state index in [2.05, 4.69) is 255 Å². The van der Waals surface area contributed by atoms with E-state index in [0.717, 1.165) is 17.1 Å². The molecule has 0 atom stereocenters. The maximum absolute atomic E-state index is 2.69. The highest BCUT2D eigenvalue weighted by Gasteiger charge is 2.48. The summed E-state index contributed by atoms with van der Waals surface area (Å²) >= 11 is 1.87. The maximum atomic E-state index is 2.52. The Balaban J connectivity index is 1.02. The lowest BCUT2D eigenvalue weighted by atomic mass is 9.82. The van der Waals surface area contributed by atoms with E-state index in [0.29, 0.717) is 0 Å². The van der Waals surface area contributed by atoms with Crippen molar-refractivity contribution >= 4 is 77.4 Å². The van der Waals surface area contributed by atoms with E-state index >= 15 is 0 Å². The highest BCUT2D eigenvalue weighted by Crippen LogP contribution is 2.51. The van der Waals surface area contributed by atoms with E-state index < -0.39 is 8.07 Å². The van der Waals surface area contributed by atoms with Gasteiger partial charge in [-0.1, -0.05) is 208 Å². The number of benzene rings is 10. The van der Waals surface area contributed by atoms with Crippen molar-refractivity contribution in [2.75, 3.05) is 4.90 Å². The van der Waals surface area contributed by atoms with Crippen LogP contribution >= 0.6 is 11.3 Å². The molecular formula is C63H45NSSi. The molecule has 1 aliphatic carbocycles. The van der Waals surface area contributed by atoms with Crippen LogP contribution in [0, 0.1) is 0 Å². The molecule has 2 aliphatic rings. The second-order valence-corrected chi connectivity index (χ2v) is 23.2. The van der Waals surface area contributed by atoms with Crippen LogP contribution in [-0.2, 0) is 5.41 Å². The minimum absolute atomic E-state index is 0.131. The molecular weight excluding hydrogens is 831 g/mol. The summed E-state index contributed by atoms with van der Waals surface area (Å²) in [5.74, 6) is 0. The van der Waals surface area contributed by atoms with Crippen LogP contribution in [0.3, 0.4) is 0 Å². The van der Waals surface area contributed by atoms with Crippen LogP contribution in [0.15, 0.2) is 237 Å². The van der Waals surface area contributed by atoms with Crippen LogP contribution < -0.4 is 25.6 Å². The van der Waals surface area contributed by atoms with Crippen LogP contribution in [0.2, 0.25) is 0 Å². The average molecular weight is 876 g/mol. The van der Waals surface area contributed by atoms with E-state index in [-0.39, 0.29) is 5.41 Å². The molecule has 0 saturated carbocycles. The smallest absolute Gasteiger partial charge is 0.180 e. The molecule has 1 nitrogen and oxygen atoms in total. The van der Waals surface area contributed by atoms with Crippen molar-refractivity contribution in [3.63, 3.8) is 0 Å². The topological polar surface area (TPSA) is 3.24 Å². The van der Waals surface area contributed by atoms with Gasteiger partial charge in [0.15, 0.2) is 8.07 Å². The molecule has 66 heavy (non-hydrogen) atoms. The van der Waals surface area contributed by atoms with Gasteiger partial charge in [0, 0.05) is 42.6 Å². The molecule has 0 amide bonds. The monoisotopic (exact) mass is 875 g/mol. The Morgan fingerprint density at radius 1 is 0.348 bits per heavy atom. The number of nitrogens with zero attached hydrogens (tertiary/aromatic N) is 1. The summed E-state index contributed by atoms with van der Waals surface area (Å²) in [6.45, 7) is 4.75. The van der Waals surface area contributed by atoms with Crippen LogP contribution in [0.25, 0.3) is 64.7 Å². The van der Waals surface area contributed by atoms with Crippen molar-refractivity contribution in [1.29, 1.82) is 0 Å². The molecule has 0 saturated heterocycles. The third kappa shape index (κ3) is 5.77. The first-order valence-corrected chi connectivity index (χ1v) is 25.8. The zero-order valence-corrected chi connectivity index (χ0v) is 38.7.